The van der Waals surface area contributed by atoms with E-state index in [2.05, 4.69) is 32.3 Å². The van der Waals surface area contributed by atoms with Crippen molar-refractivity contribution in [2.45, 2.75) is 0 Å². The van der Waals surface area contributed by atoms with Gasteiger partial charge in [-0.05, 0) is 24.3 Å². The molecule has 0 saturated carbocycles. The van der Waals surface area contributed by atoms with Gasteiger partial charge in [-0.2, -0.15) is 5.26 Å². The molecule has 0 radical (unpaired) electrons. The van der Waals surface area contributed by atoms with Gasteiger partial charge < -0.3 is 10.1 Å². The zero-order chi connectivity index (χ0) is 17.3. The molecule has 0 fully saturated rings. The monoisotopic (exact) mass is 421 g/mol. The Bertz CT molecular complexity index is 986. The first-order chi connectivity index (χ1) is 11.5. The molecule has 1 heterocycles. The zero-order valence-corrected chi connectivity index (χ0v) is 15.5. The van der Waals surface area contributed by atoms with Gasteiger partial charge in [-0.3, -0.25) is 4.98 Å². The van der Waals surface area contributed by atoms with Crippen molar-refractivity contribution in [2.24, 2.45) is 0 Å². The number of nitriles is 1. The van der Waals surface area contributed by atoms with Gasteiger partial charge in [0.25, 0.3) is 0 Å². The van der Waals surface area contributed by atoms with Crippen LogP contribution in [0, 0.1) is 11.3 Å². The maximum Gasteiger partial charge on any atom is 0.139 e. The third-order valence-electron chi connectivity index (χ3n) is 3.45. The van der Waals surface area contributed by atoms with Gasteiger partial charge in [-0.25, -0.2) is 0 Å². The van der Waals surface area contributed by atoms with E-state index >= 15 is 0 Å². The van der Waals surface area contributed by atoms with Gasteiger partial charge in [-0.15, -0.1) is 0 Å². The van der Waals surface area contributed by atoms with Gasteiger partial charge in [0.1, 0.15) is 11.8 Å². The van der Waals surface area contributed by atoms with Crippen molar-refractivity contribution in [1.29, 1.82) is 5.26 Å². The van der Waals surface area contributed by atoms with Crippen LogP contribution in [0.25, 0.3) is 10.9 Å². The Morgan fingerprint density at radius 3 is 2.71 bits per heavy atom. The van der Waals surface area contributed by atoms with Crippen molar-refractivity contribution in [2.75, 3.05) is 12.4 Å². The third kappa shape index (κ3) is 3.13. The molecule has 0 unspecified atom stereocenters. The van der Waals surface area contributed by atoms with Gasteiger partial charge in [-0.1, -0.05) is 39.1 Å². The minimum atomic E-state index is 0.412. The quantitative estimate of drug-likeness (QED) is 0.568. The number of methoxy groups -OCH3 is 1. The number of aromatic nitrogens is 1. The van der Waals surface area contributed by atoms with Gasteiger partial charge in [0.2, 0.25) is 0 Å². The molecule has 0 amide bonds. The van der Waals surface area contributed by atoms with Crippen LogP contribution in [0.3, 0.4) is 0 Å². The van der Waals surface area contributed by atoms with E-state index in [0.717, 1.165) is 15.4 Å². The van der Waals surface area contributed by atoms with Crippen molar-refractivity contribution < 1.29 is 4.74 Å². The number of hydrogen-bond donors (Lipinski definition) is 1. The first-order valence-corrected chi connectivity index (χ1v) is 8.37. The summed E-state index contributed by atoms with van der Waals surface area (Å²) in [6.07, 6.45) is 1.53. The van der Waals surface area contributed by atoms with Crippen molar-refractivity contribution in [3.8, 4) is 11.8 Å². The number of halogens is 3. The highest BCUT2D eigenvalue weighted by molar-refractivity contribution is 9.10. The van der Waals surface area contributed by atoms with Crippen molar-refractivity contribution in [3.63, 3.8) is 0 Å². The number of hydrogen-bond acceptors (Lipinski definition) is 4. The minimum absolute atomic E-state index is 0.412. The van der Waals surface area contributed by atoms with E-state index in [1.807, 2.05) is 18.2 Å². The summed E-state index contributed by atoms with van der Waals surface area (Å²) in [5.74, 6) is 0.489. The average molecular weight is 423 g/mol. The number of anilines is 2. The third-order valence-corrected chi connectivity index (χ3v) is 4.55. The Balaban J connectivity index is 2.18. The van der Waals surface area contributed by atoms with Crippen molar-refractivity contribution >= 4 is 61.4 Å². The minimum Gasteiger partial charge on any atom is -0.495 e. The second-order valence-electron chi connectivity index (χ2n) is 4.91. The van der Waals surface area contributed by atoms with Gasteiger partial charge in [0.15, 0.2) is 0 Å². The summed E-state index contributed by atoms with van der Waals surface area (Å²) >= 11 is 15.8. The summed E-state index contributed by atoms with van der Waals surface area (Å²) in [6, 6.07) is 11.1. The molecule has 0 aliphatic heterocycles. The number of nitrogens with zero attached hydrogens (tertiary/aromatic N) is 2. The highest BCUT2D eigenvalue weighted by Crippen LogP contribution is 2.38. The molecule has 0 spiro atoms. The fourth-order valence-corrected chi connectivity index (χ4v) is 3.16. The maximum atomic E-state index is 9.41. The lowest BCUT2D eigenvalue weighted by atomic mass is 10.1. The second kappa shape index (κ2) is 6.86. The molecule has 0 aliphatic rings. The lowest BCUT2D eigenvalue weighted by Gasteiger charge is -2.14. The molecule has 0 atom stereocenters. The van der Waals surface area contributed by atoms with Crippen LogP contribution >= 0.6 is 39.1 Å². The Hall–Kier alpha value is -2.00. The fraction of sp³-hybridized carbons (Fsp3) is 0.0588. The highest BCUT2D eigenvalue weighted by atomic mass is 79.9. The van der Waals surface area contributed by atoms with Crippen LogP contribution in [-0.2, 0) is 0 Å². The largest absolute Gasteiger partial charge is 0.495 e. The van der Waals surface area contributed by atoms with Crippen LogP contribution in [0.4, 0.5) is 11.4 Å². The van der Waals surface area contributed by atoms with Crippen LogP contribution in [0.5, 0.6) is 5.75 Å². The van der Waals surface area contributed by atoms with Crippen molar-refractivity contribution in [3.05, 3.63) is 56.6 Å². The molecular weight excluding hydrogens is 413 g/mol. The van der Waals surface area contributed by atoms with E-state index in [1.165, 1.54) is 13.3 Å². The molecule has 0 bridgehead atoms. The number of ether oxygens (including phenoxy) is 1. The molecule has 120 valence electrons. The number of nitrogens with one attached hydrogen (secondary N) is 1. The van der Waals surface area contributed by atoms with Crippen LogP contribution in [0.15, 0.2) is 41.0 Å². The van der Waals surface area contributed by atoms with Gasteiger partial charge in [0, 0.05) is 22.1 Å². The molecule has 1 aromatic heterocycles. The van der Waals surface area contributed by atoms with E-state index in [-0.39, 0.29) is 0 Å². The van der Waals surface area contributed by atoms with Crippen LogP contribution in [0.2, 0.25) is 10.0 Å². The van der Waals surface area contributed by atoms with Gasteiger partial charge >= 0.3 is 0 Å². The summed E-state index contributed by atoms with van der Waals surface area (Å²) in [4.78, 5) is 4.31. The first-order valence-electron chi connectivity index (χ1n) is 6.82. The second-order valence-corrected chi connectivity index (χ2v) is 6.64. The number of rotatable bonds is 3. The topological polar surface area (TPSA) is 57.9 Å². The lowest BCUT2D eigenvalue weighted by Crippen LogP contribution is -1.98. The summed E-state index contributed by atoms with van der Waals surface area (Å²) in [5.41, 5.74) is 2.38. The predicted octanol–water partition coefficient (Wildman–Crippen LogP) is 5.93. The summed E-state index contributed by atoms with van der Waals surface area (Å²) in [5, 5.41) is 14.3. The van der Waals surface area contributed by atoms with Crippen LogP contribution < -0.4 is 10.1 Å². The molecule has 2 aromatic carbocycles. The predicted molar refractivity (Wildman–Crippen MR) is 100 cm³/mol. The average Bonchev–Trinajstić information content (AvgIpc) is 2.57. The molecule has 7 heteroatoms. The summed E-state index contributed by atoms with van der Waals surface area (Å²) in [7, 11) is 1.53. The van der Waals surface area contributed by atoms with Gasteiger partial charge in [0.05, 0.1) is 39.6 Å². The van der Waals surface area contributed by atoms with Crippen LogP contribution in [0.1, 0.15) is 5.56 Å². The molecular formula is C17H10BrCl2N3O. The van der Waals surface area contributed by atoms with E-state index in [1.54, 1.807) is 12.1 Å². The maximum absolute atomic E-state index is 9.41. The Morgan fingerprint density at radius 2 is 2.00 bits per heavy atom. The van der Waals surface area contributed by atoms with E-state index < -0.39 is 0 Å². The SMILES string of the molecule is COc1cc(Nc2c(C#N)cnc3cc(Br)ccc23)c(Cl)cc1Cl. The molecule has 0 aliphatic carbocycles. The standard InChI is InChI=1S/C17H10BrCl2N3O/c1-24-16-6-15(12(19)5-13(16)20)23-17-9(7-21)8-22-14-4-10(18)2-3-11(14)17/h2-6,8H,1H3,(H,22,23). The van der Waals surface area contributed by atoms with E-state index in [0.29, 0.717) is 32.7 Å². The van der Waals surface area contributed by atoms with E-state index in [9.17, 15) is 5.26 Å². The smallest absolute Gasteiger partial charge is 0.139 e. The molecule has 1 N–H and O–H groups in total. The molecule has 24 heavy (non-hydrogen) atoms. The molecule has 0 saturated heterocycles. The molecule has 4 nitrogen and oxygen atoms in total. The lowest BCUT2D eigenvalue weighted by molar-refractivity contribution is 0.415. The number of pyridine rings is 1. The number of fused-ring (bicyclic) bond motifs is 1. The molecule has 3 aromatic rings. The van der Waals surface area contributed by atoms with Crippen LogP contribution in [-0.4, -0.2) is 12.1 Å². The first kappa shape index (κ1) is 16.8. The summed E-state index contributed by atoms with van der Waals surface area (Å²) < 4.78 is 6.13. The van der Waals surface area contributed by atoms with E-state index in [4.69, 9.17) is 27.9 Å². The number of benzene rings is 2. The Morgan fingerprint density at radius 1 is 1.21 bits per heavy atom. The highest BCUT2D eigenvalue weighted by Gasteiger charge is 2.13. The normalized spacial score (nSPS) is 10.5. The molecule has 3 rings (SSSR count). The Kier molecular flexibility index (Phi) is 4.81. The van der Waals surface area contributed by atoms with Crippen molar-refractivity contribution in [1.82, 2.24) is 4.98 Å². The Labute approximate surface area is 157 Å². The summed E-state index contributed by atoms with van der Waals surface area (Å²) in [6.45, 7) is 0. The fourth-order valence-electron chi connectivity index (χ4n) is 2.30. The zero-order valence-electron chi connectivity index (χ0n) is 12.4.